The number of Topliss-reactive ketones (excluding diaryl/α,β-unsaturated/α-hetero) is 1. The summed E-state index contributed by atoms with van der Waals surface area (Å²) in [5.74, 6) is 0.359. The lowest BCUT2D eigenvalue weighted by molar-refractivity contribution is -0.133. The minimum Gasteiger partial charge on any atom is -0.469 e. The SMILES string of the molecule is O=C1CC(c2ccco2)CC2C1CNC1NN(c3nc4ccccc4o3)C(=O)C12. The van der Waals surface area contributed by atoms with Gasteiger partial charge in [-0.1, -0.05) is 12.1 Å². The number of rotatable bonds is 2. The molecule has 1 saturated carbocycles. The van der Waals surface area contributed by atoms with E-state index in [1.807, 2.05) is 36.4 Å². The molecule has 2 saturated heterocycles. The summed E-state index contributed by atoms with van der Waals surface area (Å²) >= 11 is 0. The van der Waals surface area contributed by atoms with Gasteiger partial charge < -0.3 is 8.83 Å². The molecule has 1 aromatic carbocycles. The maximum Gasteiger partial charge on any atom is 0.320 e. The Bertz CT molecular complexity index is 1060. The molecule has 8 nitrogen and oxygen atoms in total. The first-order chi connectivity index (χ1) is 14.2. The molecule has 2 N–H and O–H groups in total. The monoisotopic (exact) mass is 392 g/mol. The number of piperidine rings is 1. The van der Waals surface area contributed by atoms with Crippen LogP contribution in [-0.4, -0.2) is 29.4 Å². The van der Waals surface area contributed by atoms with Crippen molar-refractivity contribution in [2.75, 3.05) is 11.6 Å². The molecule has 3 aliphatic rings. The Hall–Kier alpha value is -2.97. The Morgan fingerprint density at radius 3 is 2.86 bits per heavy atom. The minimum atomic E-state index is -0.356. The van der Waals surface area contributed by atoms with Crippen molar-refractivity contribution in [3.63, 3.8) is 0 Å². The third-order valence-corrected chi connectivity index (χ3v) is 6.51. The zero-order valence-electron chi connectivity index (χ0n) is 15.6. The van der Waals surface area contributed by atoms with Gasteiger partial charge in [0, 0.05) is 24.8 Å². The zero-order valence-corrected chi connectivity index (χ0v) is 15.6. The third-order valence-electron chi connectivity index (χ3n) is 6.51. The lowest BCUT2D eigenvalue weighted by Crippen LogP contribution is -2.57. The second-order valence-electron chi connectivity index (χ2n) is 8.07. The third kappa shape index (κ3) is 2.56. The van der Waals surface area contributed by atoms with Gasteiger partial charge in [0.2, 0.25) is 0 Å². The Morgan fingerprint density at radius 1 is 1.14 bits per heavy atom. The van der Waals surface area contributed by atoms with Crippen molar-refractivity contribution >= 4 is 28.8 Å². The molecular formula is C21H20N4O4. The summed E-state index contributed by atoms with van der Waals surface area (Å²) < 4.78 is 11.3. The quantitative estimate of drug-likeness (QED) is 0.689. The van der Waals surface area contributed by atoms with Gasteiger partial charge in [-0.05, 0) is 36.6 Å². The summed E-state index contributed by atoms with van der Waals surface area (Å²) in [6, 6.07) is 11.4. The number of ketones is 1. The molecule has 1 amide bonds. The van der Waals surface area contributed by atoms with E-state index in [4.69, 9.17) is 8.83 Å². The largest absolute Gasteiger partial charge is 0.469 e. The summed E-state index contributed by atoms with van der Waals surface area (Å²) in [4.78, 5) is 30.6. The number of nitrogens with zero attached hydrogens (tertiary/aromatic N) is 2. The van der Waals surface area contributed by atoms with Gasteiger partial charge in [-0.15, -0.1) is 0 Å². The summed E-state index contributed by atoms with van der Waals surface area (Å²) in [5, 5.41) is 4.73. The van der Waals surface area contributed by atoms with Gasteiger partial charge in [0.15, 0.2) is 5.58 Å². The first-order valence-electron chi connectivity index (χ1n) is 9.94. The Kier molecular flexibility index (Phi) is 3.66. The first kappa shape index (κ1) is 16.9. The number of hydrazine groups is 1. The number of oxazole rings is 1. The van der Waals surface area contributed by atoms with Crippen LogP contribution in [0.25, 0.3) is 11.1 Å². The summed E-state index contributed by atoms with van der Waals surface area (Å²) in [5.41, 5.74) is 4.53. The summed E-state index contributed by atoms with van der Waals surface area (Å²) in [6.45, 7) is 0.567. The van der Waals surface area contributed by atoms with Gasteiger partial charge in [0.25, 0.3) is 5.91 Å². The smallest absolute Gasteiger partial charge is 0.320 e. The molecule has 2 aromatic heterocycles. The molecule has 0 bridgehead atoms. The average molecular weight is 392 g/mol. The minimum absolute atomic E-state index is 0.0173. The van der Waals surface area contributed by atoms with E-state index in [2.05, 4.69) is 15.7 Å². The fourth-order valence-corrected chi connectivity index (χ4v) is 5.15. The molecule has 0 spiro atoms. The van der Waals surface area contributed by atoms with E-state index in [0.29, 0.717) is 24.1 Å². The predicted octanol–water partition coefficient (Wildman–Crippen LogP) is 2.20. The van der Waals surface area contributed by atoms with Crippen LogP contribution in [0.5, 0.6) is 0 Å². The second kappa shape index (κ2) is 6.27. The molecule has 3 fully saturated rings. The lowest BCUT2D eigenvalue weighted by atomic mass is 9.65. The highest BCUT2D eigenvalue weighted by atomic mass is 16.4. The van der Waals surface area contributed by atoms with Crippen molar-refractivity contribution in [2.45, 2.75) is 24.9 Å². The molecule has 29 heavy (non-hydrogen) atoms. The number of benzene rings is 1. The van der Waals surface area contributed by atoms with Crippen molar-refractivity contribution in [3.05, 3.63) is 48.4 Å². The maximum atomic E-state index is 13.4. The number of anilines is 1. The van der Waals surface area contributed by atoms with E-state index in [9.17, 15) is 9.59 Å². The number of hydrogen-bond donors (Lipinski definition) is 2. The van der Waals surface area contributed by atoms with Gasteiger partial charge >= 0.3 is 6.01 Å². The molecule has 0 radical (unpaired) electrons. The summed E-state index contributed by atoms with van der Waals surface area (Å²) in [6.07, 6.45) is 2.60. The van der Waals surface area contributed by atoms with E-state index >= 15 is 0 Å². The van der Waals surface area contributed by atoms with Crippen LogP contribution in [0.2, 0.25) is 0 Å². The Balaban J connectivity index is 1.32. The number of hydrogen-bond acceptors (Lipinski definition) is 7. The van der Waals surface area contributed by atoms with Crippen LogP contribution in [0.15, 0.2) is 51.5 Å². The maximum absolute atomic E-state index is 13.4. The van der Waals surface area contributed by atoms with Crippen molar-refractivity contribution < 1.29 is 18.4 Å². The van der Waals surface area contributed by atoms with E-state index in [1.54, 1.807) is 6.26 Å². The molecule has 4 heterocycles. The first-order valence-corrected chi connectivity index (χ1v) is 9.94. The average Bonchev–Trinajstić information content (AvgIpc) is 3.46. The number of nitrogens with one attached hydrogen (secondary N) is 2. The van der Waals surface area contributed by atoms with E-state index < -0.39 is 0 Å². The van der Waals surface area contributed by atoms with Crippen molar-refractivity contribution in [3.8, 4) is 0 Å². The molecule has 1 aliphatic carbocycles. The molecule has 5 unspecified atom stereocenters. The number of para-hydroxylation sites is 2. The molecule has 6 rings (SSSR count). The lowest BCUT2D eigenvalue weighted by Gasteiger charge is -2.42. The van der Waals surface area contributed by atoms with Crippen LogP contribution in [0.4, 0.5) is 6.01 Å². The van der Waals surface area contributed by atoms with Crippen LogP contribution < -0.4 is 15.8 Å². The highest BCUT2D eigenvalue weighted by Crippen LogP contribution is 2.45. The highest BCUT2D eigenvalue weighted by Gasteiger charge is 2.55. The fourth-order valence-electron chi connectivity index (χ4n) is 5.15. The molecule has 148 valence electrons. The molecule has 8 heteroatoms. The van der Waals surface area contributed by atoms with Crippen LogP contribution in [-0.2, 0) is 9.59 Å². The van der Waals surface area contributed by atoms with Crippen molar-refractivity contribution in [1.82, 2.24) is 15.7 Å². The van der Waals surface area contributed by atoms with Crippen LogP contribution in [0.3, 0.4) is 0 Å². The van der Waals surface area contributed by atoms with E-state index in [1.165, 1.54) is 5.01 Å². The predicted molar refractivity (Wildman–Crippen MR) is 103 cm³/mol. The number of carbonyl (C=O) groups is 2. The standard InChI is InChI=1S/C21H20N4O4/c26-15-9-11(16-6-3-7-28-16)8-12-13(15)10-22-19-18(12)20(27)25(24-19)21-23-14-4-1-2-5-17(14)29-21/h1-7,11-13,18-19,22,24H,8-10H2. The van der Waals surface area contributed by atoms with Crippen LogP contribution in [0.1, 0.15) is 24.5 Å². The van der Waals surface area contributed by atoms with Gasteiger partial charge in [0.05, 0.1) is 18.3 Å². The van der Waals surface area contributed by atoms with Crippen LogP contribution >= 0.6 is 0 Å². The topological polar surface area (TPSA) is 101 Å². The van der Waals surface area contributed by atoms with E-state index in [0.717, 1.165) is 12.2 Å². The number of fused-ring (bicyclic) bond motifs is 4. The van der Waals surface area contributed by atoms with Gasteiger partial charge in [-0.3, -0.25) is 14.9 Å². The highest BCUT2D eigenvalue weighted by molar-refractivity contribution is 5.97. The Morgan fingerprint density at radius 2 is 2.03 bits per heavy atom. The molecule has 2 aliphatic heterocycles. The number of carbonyl (C=O) groups excluding carboxylic acids is 2. The van der Waals surface area contributed by atoms with Crippen molar-refractivity contribution in [2.24, 2.45) is 17.8 Å². The second-order valence-corrected chi connectivity index (χ2v) is 8.07. The Labute approximate surface area is 166 Å². The van der Waals surface area contributed by atoms with Crippen LogP contribution in [0, 0.1) is 17.8 Å². The van der Waals surface area contributed by atoms with Crippen molar-refractivity contribution in [1.29, 1.82) is 0 Å². The number of aromatic nitrogens is 1. The zero-order chi connectivity index (χ0) is 19.5. The number of furan rings is 1. The van der Waals surface area contributed by atoms with Gasteiger partial charge in [0.1, 0.15) is 17.1 Å². The normalized spacial score (nSPS) is 31.9. The number of amides is 1. The van der Waals surface area contributed by atoms with E-state index in [-0.39, 0.29) is 47.5 Å². The van der Waals surface area contributed by atoms with Gasteiger partial charge in [-0.2, -0.15) is 9.99 Å². The summed E-state index contributed by atoms with van der Waals surface area (Å²) in [7, 11) is 0. The molecule has 5 atom stereocenters. The fraction of sp³-hybridized carbons (Fsp3) is 0.381. The molecular weight excluding hydrogens is 372 g/mol. The molecule has 3 aromatic rings. The van der Waals surface area contributed by atoms with Gasteiger partial charge in [-0.25, -0.2) is 5.43 Å².